The summed E-state index contributed by atoms with van der Waals surface area (Å²) in [4.78, 5) is 15.9. The highest BCUT2D eigenvalue weighted by atomic mass is 16.1. The molecule has 0 radical (unpaired) electrons. The Morgan fingerprint density at radius 1 is 1.16 bits per heavy atom. The van der Waals surface area contributed by atoms with E-state index in [0.717, 1.165) is 11.1 Å². The third kappa shape index (κ3) is 3.63. The molecule has 0 bridgehead atoms. The van der Waals surface area contributed by atoms with E-state index in [1.807, 2.05) is 36.4 Å². The van der Waals surface area contributed by atoms with Gasteiger partial charge in [-0.25, -0.2) is 4.98 Å². The van der Waals surface area contributed by atoms with Crippen LogP contribution >= 0.6 is 0 Å². The maximum atomic E-state index is 12.0. The van der Waals surface area contributed by atoms with Crippen molar-refractivity contribution in [1.29, 1.82) is 0 Å². The van der Waals surface area contributed by atoms with Crippen LogP contribution in [0.1, 0.15) is 23.6 Å². The summed E-state index contributed by atoms with van der Waals surface area (Å²) in [5.74, 6) is 0.472. The van der Waals surface area contributed by atoms with Gasteiger partial charge in [0.1, 0.15) is 11.6 Å². The lowest BCUT2D eigenvalue weighted by Gasteiger charge is -2.11. The van der Waals surface area contributed by atoms with Crippen LogP contribution in [0.3, 0.4) is 0 Å². The summed E-state index contributed by atoms with van der Waals surface area (Å²) in [6.45, 7) is 0. The van der Waals surface area contributed by atoms with Crippen molar-refractivity contribution in [3.63, 3.8) is 0 Å². The van der Waals surface area contributed by atoms with Crippen LogP contribution < -0.4 is 11.5 Å². The smallest absolute Gasteiger partial charge is 0.139 e. The predicted molar refractivity (Wildman–Crippen MR) is 75.3 cm³/mol. The summed E-state index contributed by atoms with van der Waals surface area (Å²) in [5.41, 5.74) is 13.5. The first-order valence-electron chi connectivity index (χ1n) is 6.18. The van der Waals surface area contributed by atoms with E-state index in [1.165, 1.54) is 0 Å². The number of benzene rings is 1. The number of carbonyl (C=O) groups is 1. The molecule has 1 unspecified atom stereocenters. The van der Waals surface area contributed by atoms with E-state index in [-0.39, 0.29) is 18.2 Å². The third-order valence-electron chi connectivity index (χ3n) is 2.99. The van der Waals surface area contributed by atoms with Gasteiger partial charge >= 0.3 is 0 Å². The number of hydrogen-bond acceptors (Lipinski definition) is 4. The number of ketones is 1. The first-order valence-corrected chi connectivity index (χ1v) is 6.18. The van der Waals surface area contributed by atoms with Crippen LogP contribution in [0, 0.1) is 0 Å². The fourth-order valence-corrected chi connectivity index (χ4v) is 1.95. The number of pyridine rings is 1. The number of nitrogen functional groups attached to an aromatic ring is 1. The number of carbonyl (C=O) groups excluding carboxylic acids is 1. The van der Waals surface area contributed by atoms with Crippen molar-refractivity contribution in [2.45, 2.75) is 18.9 Å². The van der Waals surface area contributed by atoms with Crippen LogP contribution in [0.4, 0.5) is 5.82 Å². The van der Waals surface area contributed by atoms with Crippen LogP contribution in [-0.4, -0.2) is 10.8 Å². The predicted octanol–water partition coefficient (Wildman–Crippen LogP) is 1.87. The second-order valence-electron chi connectivity index (χ2n) is 4.48. The van der Waals surface area contributed by atoms with Crippen molar-refractivity contribution < 1.29 is 4.79 Å². The summed E-state index contributed by atoms with van der Waals surface area (Å²) in [5, 5.41) is 0. The van der Waals surface area contributed by atoms with E-state index in [4.69, 9.17) is 11.5 Å². The number of anilines is 1. The minimum atomic E-state index is -0.272. The lowest BCUT2D eigenvalue weighted by molar-refractivity contribution is -0.118. The minimum absolute atomic E-state index is 0.0658. The summed E-state index contributed by atoms with van der Waals surface area (Å²) >= 11 is 0. The fraction of sp³-hybridized carbons (Fsp3) is 0.200. The molecule has 98 valence electrons. The van der Waals surface area contributed by atoms with E-state index in [0.29, 0.717) is 12.2 Å². The number of hydrogen-bond donors (Lipinski definition) is 2. The Morgan fingerprint density at radius 2 is 1.89 bits per heavy atom. The van der Waals surface area contributed by atoms with Gasteiger partial charge in [0.15, 0.2) is 0 Å². The summed E-state index contributed by atoms with van der Waals surface area (Å²) in [6.07, 6.45) is 2.19. The van der Waals surface area contributed by atoms with Crippen molar-refractivity contribution >= 4 is 11.6 Å². The molecule has 0 spiro atoms. The second-order valence-corrected chi connectivity index (χ2v) is 4.48. The number of nitrogens with two attached hydrogens (primary N) is 2. The monoisotopic (exact) mass is 255 g/mol. The summed E-state index contributed by atoms with van der Waals surface area (Å²) in [6, 6.07) is 12.9. The zero-order valence-corrected chi connectivity index (χ0v) is 10.6. The molecule has 0 saturated heterocycles. The number of Topliss-reactive ketones (excluding diaryl/α,β-unsaturated/α-hetero) is 1. The first-order chi connectivity index (χ1) is 9.16. The van der Waals surface area contributed by atoms with Gasteiger partial charge in [0, 0.05) is 30.6 Å². The molecule has 0 aliphatic carbocycles. The van der Waals surface area contributed by atoms with Crippen LogP contribution in [0.5, 0.6) is 0 Å². The van der Waals surface area contributed by atoms with Gasteiger partial charge in [0.2, 0.25) is 0 Å². The van der Waals surface area contributed by atoms with Crippen molar-refractivity contribution in [1.82, 2.24) is 4.98 Å². The van der Waals surface area contributed by atoms with Gasteiger partial charge in [-0.05, 0) is 11.6 Å². The molecular weight excluding hydrogens is 238 g/mol. The molecule has 1 aromatic carbocycles. The molecule has 2 rings (SSSR count). The Balaban J connectivity index is 1.97. The molecule has 4 heteroatoms. The normalized spacial score (nSPS) is 12.1. The average molecular weight is 255 g/mol. The highest BCUT2D eigenvalue weighted by Gasteiger charge is 2.13. The van der Waals surface area contributed by atoms with Gasteiger partial charge in [-0.15, -0.1) is 0 Å². The van der Waals surface area contributed by atoms with E-state index in [2.05, 4.69) is 4.98 Å². The molecule has 19 heavy (non-hydrogen) atoms. The van der Waals surface area contributed by atoms with Crippen molar-refractivity contribution in [3.05, 3.63) is 59.8 Å². The average Bonchev–Trinajstić information content (AvgIpc) is 2.42. The van der Waals surface area contributed by atoms with Crippen LogP contribution in [-0.2, 0) is 11.2 Å². The molecule has 1 heterocycles. The summed E-state index contributed by atoms with van der Waals surface area (Å²) < 4.78 is 0. The van der Waals surface area contributed by atoms with Gasteiger partial charge in [0.25, 0.3) is 0 Å². The highest BCUT2D eigenvalue weighted by molar-refractivity contribution is 5.82. The minimum Gasteiger partial charge on any atom is -0.383 e. The molecule has 2 aromatic rings. The lowest BCUT2D eigenvalue weighted by atomic mass is 9.99. The Morgan fingerprint density at radius 3 is 2.58 bits per heavy atom. The van der Waals surface area contributed by atoms with Crippen molar-refractivity contribution in [2.75, 3.05) is 5.73 Å². The maximum absolute atomic E-state index is 12.0. The molecule has 1 aromatic heterocycles. The fourth-order valence-electron chi connectivity index (χ4n) is 1.95. The Hall–Kier alpha value is -2.20. The molecule has 0 saturated carbocycles. The maximum Gasteiger partial charge on any atom is 0.139 e. The van der Waals surface area contributed by atoms with Gasteiger partial charge in [-0.2, -0.15) is 0 Å². The van der Waals surface area contributed by atoms with Crippen molar-refractivity contribution in [3.8, 4) is 0 Å². The topological polar surface area (TPSA) is 82.0 Å². The number of nitrogens with zero attached hydrogens (tertiary/aromatic N) is 1. The van der Waals surface area contributed by atoms with Crippen LogP contribution in [0.2, 0.25) is 0 Å². The van der Waals surface area contributed by atoms with Gasteiger partial charge in [-0.1, -0.05) is 36.4 Å². The lowest BCUT2D eigenvalue weighted by Crippen LogP contribution is -2.17. The van der Waals surface area contributed by atoms with Crippen LogP contribution in [0.15, 0.2) is 48.7 Å². The number of aromatic nitrogens is 1. The summed E-state index contributed by atoms with van der Waals surface area (Å²) in [7, 11) is 0. The molecule has 0 fully saturated rings. The van der Waals surface area contributed by atoms with Crippen LogP contribution in [0.25, 0.3) is 0 Å². The van der Waals surface area contributed by atoms with E-state index in [9.17, 15) is 4.79 Å². The number of rotatable bonds is 5. The van der Waals surface area contributed by atoms with E-state index < -0.39 is 0 Å². The molecule has 0 amide bonds. The van der Waals surface area contributed by atoms with Gasteiger partial charge in [0.05, 0.1) is 0 Å². The Labute approximate surface area is 112 Å². The zero-order valence-electron chi connectivity index (χ0n) is 10.6. The highest BCUT2D eigenvalue weighted by Crippen LogP contribution is 2.16. The van der Waals surface area contributed by atoms with E-state index in [1.54, 1.807) is 12.3 Å². The Bertz CT molecular complexity index is 554. The SMILES string of the molecule is Nc1ncccc1CC(=O)CC(N)c1ccccc1. The molecule has 0 aliphatic heterocycles. The molecule has 0 aliphatic rings. The van der Waals surface area contributed by atoms with Gasteiger partial charge < -0.3 is 11.5 Å². The first kappa shape index (κ1) is 13.2. The largest absolute Gasteiger partial charge is 0.383 e. The third-order valence-corrected chi connectivity index (χ3v) is 2.99. The molecular formula is C15H17N3O. The standard InChI is InChI=1S/C15H17N3O/c16-14(11-5-2-1-3-6-11)10-13(19)9-12-7-4-8-18-15(12)17/h1-8,14H,9-10,16H2,(H2,17,18). The Kier molecular flexibility index (Phi) is 4.26. The molecule has 1 atom stereocenters. The zero-order chi connectivity index (χ0) is 13.7. The molecule has 4 N–H and O–H groups in total. The van der Waals surface area contributed by atoms with E-state index >= 15 is 0 Å². The van der Waals surface area contributed by atoms with Gasteiger partial charge in [-0.3, -0.25) is 4.79 Å². The molecule has 4 nitrogen and oxygen atoms in total. The quantitative estimate of drug-likeness (QED) is 0.854. The second kappa shape index (κ2) is 6.11. The van der Waals surface area contributed by atoms with Crippen molar-refractivity contribution in [2.24, 2.45) is 5.73 Å².